The highest BCUT2D eigenvalue weighted by molar-refractivity contribution is 6.07. The predicted octanol–water partition coefficient (Wildman–Crippen LogP) is 3.67. The summed E-state index contributed by atoms with van der Waals surface area (Å²) < 4.78 is 11.0. The molecule has 1 aliphatic rings. The largest absolute Gasteiger partial charge is 0.493 e. The van der Waals surface area contributed by atoms with E-state index in [0.717, 1.165) is 16.8 Å². The zero-order valence-electron chi connectivity index (χ0n) is 17.0. The number of amides is 3. The van der Waals surface area contributed by atoms with E-state index in [9.17, 15) is 9.59 Å². The summed E-state index contributed by atoms with van der Waals surface area (Å²) in [5, 5.41) is 8.46. The molecule has 0 aliphatic carbocycles. The number of benzene rings is 2. The highest BCUT2D eigenvalue weighted by atomic mass is 16.5. The molecule has 1 heterocycles. The molecule has 0 unspecified atom stereocenters. The lowest BCUT2D eigenvalue weighted by atomic mass is 9.94. The average Bonchev–Trinajstić information content (AvgIpc) is 2.69. The minimum atomic E-state index is -0.627. The highest BCUT2D eigenvalue weighted by Crippen LogP contribution is 2.34. The van der Waals surface area contributed by atoms with Crippen LogP contribution in [0.2, 0.25) is 0 Å². The Bertz CT molecular complexity index is 968. The number of hydrogen-bond acceptors (Lipinski definition) is 4. The van der Waals surface area contributed by atoms with Crippen LogP contribution < -0.4 is 25.4 Å². The molecule has 0 radical (unpaired) electrons. The van der Waals surface area contributed by atoms with Crippen molar-refractivity contribution < 1.29 is 19.1 Å². The van der Waals surface area contributed by atoms with Crippen LogP contribution in [0.5, 0.6) is 11.5 Å². The lowest BCUT2D eigenvalue weighted by molar-refractivity contribution is -0.113. The van der Waals surface area contributed by atoms with Gasteiger partial charge in [-0.05, 0) is 50.1 Å². The number of ether oxygens (including phenoxy) is 2. The van der Waals surface area contributed by atoms with Crippen molar-refractivity contribution in [2.75, 3.05) is 19.0 Å². The second kappa shape index (κ2) is 8.68. The highest BCUT2D eigenvalue weighted by Gasteiger charge is 2.32. The first kappa shape index (κ1) is 20.3. The van der Waals surface area contributed by atoms with Gasteiger partial charge in [-0.15, -0.1) is 0 Å². The lowest BCUT2D eigenvalue weighted by Crippen LogP contribution is -2.46. The average molecular weight is 395 g/mol. The van der Waals surface area contributed by atoms with Crippen LogP contribution in [0.15, 0.2) is 53.7 Å². The molecule has 1 aliphatic heterocycles. The van der Waals surface area contributed by atoms with Gasteiger partial charge in [-0.2, -0.15) is 0 Å². The summed E-state index contributed by atoms with van der Waals surface area (Å²) in [4.78, 5) is 25.2. The quantitative estimate of drug-likeness (QED) is 0.696. The number of aryl methyl sites for hydroxylation is 1. The van der Waals surface area contributed by atoms with Gasteiger partial charge in [0.05, 0.1) is 25.3 Å². The molecule has 1 atom stereocenters. The molecular formula is C22H25N3O4. The Morgan fingerprint density at radius 3 is 2.59 bits per heavy atom. The fraction of sp³-hybridized carbons (Fsp3) is 0.273. The van der Waals surface area contributed by atoms with Crippen LogP contribution in [0.3, 0.4) is 0 Å². The summed E-state index contributed by atoms with van der Waals surface area (Å²) in [5.74, 6) is 0.848. The van der Waals surface area contributed by atoms with Crippen LogP contribution in [-0.4, -0.2) is 25.7 Å². The number of allylic oxidation sites excluding steroid dienone is 1. The summed E-state index contributed by atoms with van der Waals surface area (Å²) in [5.41, 5.74) is 3.31. The third kappa shape index (κ3) is 4.34. The Morgan fingerprint density at radius 2 is 1.90 bits per heavy atom. The molecule has 0 saturated heterocycles. The molecule has 152 valence electrons. The van der Waals surface area contributed by atoms with Gasteiger partial charge in [0.2, 0.25) is 0 Å². The number of anilines is 1. The molecule has 2 aromatic rings. The Hall–Kier alpha value is -3.48. The molecule has 0 aromatic heterocycles. The molecule has 2 aromatic carbocycles. The second-order valence-electron chi connectivity index (χ2n) is 6.68. The Morgan fingerprint density at radius 1 is 1.14 bits per heavy atom. The minimum Gasteiger partial charge on any atom is -0.493 e. The van der Waals surface area contributed by atoms with E-state index in [4.69, 9.17) is 9.47 Å². The number of methoxy groups -OCH3 is 1. The second-order valence-corrected chi connectivity index (χ2v) is 6.68. The van der Waals surface area contributed by atoms with Gasteiger partial charge in [0.25, 0.3) is 5.91 Å². The van der Waals surface area contributed by atoms with Crippen molar-refractivity contribution in [2.24, 2.45) is 0 Å². The number of para-hydroxylation sites is 1. The van der Waals surface area contributed by atoms with E-state index in [0.29, 0.717) is 29.4 Å². The van der Waals surface area contributed by atoms with Gasteiger partial charge in [0.15, 0.2) is 11.5 Å². The number of rotatable bonds is 6. The number of hydrogen-bond donors (Lipinski definition) is 3. The van der Waals surface area contributed by atoms with Gasteiger partial charge in [-0.1, -0.05) is 24.3 Å². The first-order valence-corrected chi connectivity index (χ1v) is 9.40. The molecule has 7 nitrogen and oxygen atoms in total. The molecular weight excluding hydrogens is 370 g/mol. The molecule has 3 amide bonds. The normalized spacial score (nSPS) is 16.0. The Kier molecular flexibility index (Phi) is 6.07. The van der Waals surface area contributed by atoms with Crippen LogP contribution >= 0.6 is 0 Å². The predicted molar refractivity (Wildman–Crippen MR) is 111 cm³/mol. The van der Waals surface area contributed by atoms with E-state index >= 15 is 0 Å². The maximum atomic E-state index is 13.1. The first-order valence-electron chi connectivity index (χ1n) is 9.40. The van der Waals surface area contributed by atoms with Gasteiger partial charge in [0, 0.05) is 11.4 Å². The van der Waals surface area contributed by atoms with Crippen molar-refractivity contribution in [3.63, 3.8) is 0 Å². The number of urea groups is 1. The standard InChI is InChI=1S/C22H25N3O4/c1-5-29-17-11-10-15(12-18(17)28-4)20-19(14(3)23-22(27)25-20)21(26)24-16-9-7-6-8-13(16)2/h6-12,20H,5H2,1-4H3,(H,24,26)(H2,23,25,27)/t20-/m0/s1. The molecule has 0 bridgehead atoms. The summed E-state index contributed by atoms with van der Waals surface area (Å²) >= 11 is 0. The number of nitrogens with one attached hydrogen (secondary N) is 3. The summed E-state index contributed by atoms with van der Waals surface area (Å²) in [6, 6.07) is 11.9. The SMILES string of the molecule is CCOc1ccc([C@@H]2NC(=O)NC(C)=C2C(=O)Nc2ccccc2C)cc1OC. The van der Waals surface area contributed by atoms with Crippen LogP contribution in [0.1, 0.15) is 31.0 Å². The van der Waals surface area contributed by atoms with E-state index in [1.165, 1.54) is 0 Å². The van der Waals surface area contributed by atoms with Gasteiger partial charge < -0.3 is 25.4 Å². The summed E-state index contributed by atoms with van der Waals surface area (Å²) in [6.45, 7) is 6.03. The third-order valence-corrected chi connectivity index (χ3v) is 4.73. The topological polar surface area (TPSA) is 88.7 Å². The maximum absolute atomic E-state index is 13.1. The van der Waals surface area contributed by atoms with Crippen molar-refractivity contribution in [1.82, 2.24) is 10.6 Å². The summed E-state index contributed by atoms with van der Waals surface area (Å²) in [6.07, 6.45) is 0. The molecule has 7 heteroatoms. The van der Waals surface area contributed by atoms with Crippen LogP contribution in [0.4, 0.5) is 10.5 Å². The minimum absolute atomic E-state index is 0.290. The molecule has 0 saturated carbocycles. The van der Waals surface area contributed by atoms with Gasteiger partial charge in [0.1, 0.15) is 0 Å². The van der Waals surface area contributed by atoms with Crippen LogP contribution in [0, 0.1) is 6.92 Å². The monoisotopic (exact) mass is 395 g/mol. The molecule has 0 spiro atoms. The maximum Gasteiger partial charge on any atom is 0.319 e. The third-order valence-electron chi connectivity index (χ3n) is 4.73. The Balaban J connectivity index is 1.98. The van der Waals surface area contributed by atoms with Gasteiger partial charge in [-0.3, -0.25) is 4.79 Å². The van der Waals surface area contributed by atoms with E-state index in [1.54, 1.807) is 26.2 Å². The molecule has 3 N–H and O–H groups in total. The zero-order valence-corrected chi connectivity index (χ0v) is 17.0. The van der Waals surface area contributed by atoms with E-state index < -0.39 is 6.04 Å². The smallest absolute Gasteiger partial charge is 0.319 e. The van der Waals surface area contributed by atoms with Crippen molar-refractivity contribution >= 4 is 17.6 Å². The fourth-order valence-corrected chi connectivity index (χ4v) is 3.29. The van der Waals surface area contributed by atoms with Crippen LogP contribution in [0.25, 0.3) is 0 Å². The first-order chi connectivity index (χ1) is 13.9. The van der Waals surface area contributed by atoms with Crippen molar-refractivity contribution in [3.05, 3.63) is 64.9 Å². The van der Waals surface area contributed by atoms with Crippen LogP contribution in [-0.2, 0) is 4.79 Å². The zero-order chi connectivity index (χ0) is 21.0. The Labute approximate surface area is 170 Å². The van der Waals surface area contributed by atoms with E-state index in [-0.39, 0.29) is 11.9 Å². The lowest BCUT2D eigenvalue weighted by Gasteiger charge is -2.29. The fourth-order valence-electron chi connectivity index (χ4n) is 3.29. The van der Waals surface area contributed by atoms with Crippen molar-refractivity contribution in [2.45, 2.75) is 26.8 Å². The number of carbonyl (C=O) groups is 2. The molecule has 3 rings (SSSR count). The molecule has 0 fully saturated rings. The van der Waals surface area contributed by atoms with Crippen molar-refractivity contribution in [1.29, 1.82) is 0 Å². The van der Waals surface area contributed by atoms with Gasteiger partial charge >= 0.3 is 6.03 Å². The van der Waals surface area contributed by atoms with Crippen molar-refractivity contribution in [3.8, 4) is 11.5 Å². The van der Waals surface area contributed by atoms with Gasteiger partial charge in [-0.25, -0.2) is 4.79 Å². The number of carbonyl (C=O) groups excluding carboxylic acids is 2. The molecule has 29 heavy (non-hydrogen) atoms. The van der Waals surface area contributed by atoms with E-state index in [1.807, 2.05) is 44.2 Å². The summed E-state index contributed by atoms with van der Waals surface area (Å²) in [7, 11) is 1.55. The van der Waals surface area contributed by atoms with E-state index in [2.05, 4.69) is 16.0 Å².